The molecule has 0 N–H and O–H groups in total. The number of aromatic nitrogens is 1. The molecule has 0 aliphatic carbocycles. The van der Waals surface area contributed by atoms with Gasteiger partial charge >= 0.3 is 0 Å². The summed E-state index contributed by atoms with van der Waals surface area (Å²) in [6, 6.07) is 57.3. The average Bonchev–Trinajstić information content (AvgIpc) is 3.47. The minimum atomic E-state index is 0.859. The molecule has 2 heterocycles. The summed E-state index contributed by atoms with van der Waals surface area (Å²) in [5, 5.41) is 2.17. The molecular weight excluding hydrogens is 522 g/mol. The zero-order valence-electron chi connectivity index (χ0n) is 23.4. The van der Waals surface area contributed by atoms with Crippen molar-refractivity contribution in [3.63, 3.8) is 0 Å². The maximum Gasteiger partial charge on any atom is 0.136 e. The van der Waals surface area contributed by atoms with E-state index in [-0.39, 0.29) is 0 Å². The molecule has 202 valence electrons. The van der Waals surface area contributed by atoms with Gasteiger partial charge in [-0.1, -0.05) is 133 Å². The highest BCUT2D eigenvalue weighted by molar-refractivity contribution is 6.13. The standard InChI is InChI=1S/C41H27NO/c1-4-11-28(12-5-1)30-19-21-31(22-20-30)33-23-24-39-36(25-33)41-35(17-10-18-40(41)43-39)38-27-34(29-13-6-2-7-14-29)26-37(42-38)32-15-8-3-9-16-32/h1-27H. The van der Waals surface area contributed by atoms with Crippen LogP contribution in [0.4, 0.5) is 0 Å². The van der Waals surface area contributed by atoms with Gasteiger partial charge in [0.25, 0.3) is 0 Å². The fourth-order valence-electron chi connectivity index (χ4n) is 5.93. The summed E-state index contributed by atoms with van der Waals surface area (Å²) >= 11 is 0. The molecule has 2 aromatic heterocycles. The highest BCUT2D eigenvalue weighted by Gasteiger charge is 2.16. The predicted molar refractivity (Wildman–Crippen MR) is 179 cm³/mol. The van der Waals surface area contributed by atoms with Crippen LogP contribution in [0.3, 0.4) is 0 Å². The molecule has 2 nitrogen and oxygen atoms in total. The molecule has 0 amide bonds. The zero-order chi connectivity index (χ0) is 28.6. The van der Waals surface area contributed by atoms with Crippen LogP contribution in [-0.4, -0.2) is 4.98 Å². The van der Waals surface area contributed by atoms with Crippen LogP contribution in [0.2, 0.25) is 0 Å². The Kier molecular flexibility index (Phi) is 6.16. The molecule has 43 heavy (non-hydrogen) atoms. The van der Waals surface area contributed by atoms with E-state index in [0.29, 0.717) is 0 Å². The second kappa shape index (κ2) is 10.6. The van der Waals surface area contributed by atoms with Crippen molar-refractivity contribution in [1.82, 2.24) is 4.98 Å². The van der Waals surface area contributed by atoms with E-state index in [2.05, 4.69) is 146 Å². The zero-order valence-corrected chi connectivity index (χ0v) is 23.4. The maximum atomic E-state index is 6.38. The molecular formula is C41H27NO. The van der Waals surface area contributed by atoms with Crippen molar-refractivity contribution in [2.45, 2.75) is 0 Å². The van der Waals surface area contributed by atoms with E-state index in [1.807, 2.05) is 18.2 Å². The second-order valence-electron chi connectivity index (χ2n) is 10.8. The van der Waals surface area contributed by atoms with E-state index in [1.54, 1.807) is 0 Å². The van der Waals surface area contributed by atoms with Gasteiger partial charge in [0.05, 0.1) is 11.4 Å². The molecule has 0 atom stereocenters. The predicted octanol–water partition coefficient (Wildman–Crippen LogP) is 11.3. The van der Waals surface area contributed by atoms with E-state index in [9.17, 15) is 0 Å². The smallest absolute Gasteiger partial charge is 0.136 e. The molecule has 0 spiro atoms. The molecule has 0 saturated carbocycles. The minimum absolute atomic E-state index is 0.859. The molecule has 2 heteroatoms. The fourth-order valence-corrected chi connectivity index (χ4v) is 5.93. The lowest BCUT2D eigenvalue weighted by molar-refractivity contribution is 0.669. The number of rotatable bonds is 5. The summed E-state index contributed by atoms with van der Waals surface area (Å²) in [5.41, 5.74) is 12.8. The first-order chi connectivity index (χ1) is 21.3. The number of pyridine rings is 1. The molecule has 0 radical (unpaired) electrons. The number of nitrogens with zero attached hydrogens (tertiary/aromatic N) is 1. The maximum absolute atomic E-state index is 6.38. The first-order valence-electron chi connectivity index (χ1n) is 14.5. The average molecular weight is 550 g/mol. The van der Waals surface area contributed by atoms with Gasteiger partial charge in [0.15, 0.2) is 0 Å². The van der Waals surface area contributed by atoms with E-state index >= 15 is 0 Å². The summed E-state index contributed by atoms with van der Waals surface area (Å²) in [6.07, 6.45) is 0. The first kappa shape index (κ1) is 25.0. The van der Waals surface area contributed by atoms with Gasteiger partial charge in [-0.05, 0) is 63.7 Å². The molecule has 0 saturated heterocycles. The van der Waals surface area contributed by atoms with Crippen molar-refractivity contribution >= 4 is 21.9 Å². The van der Waals surface area contributed by atoms with Crippen molar-refractivity contribution < 1.29 is 4.42 Å². The van der Waals surface area contributed by atoms with Gasteiger partial charge in [0.1, 0.15) is 11.2 Å². The van der Waals surface area contributed by atoms with Gasteiger partial charge in [0.2, 0.25) is 0 Å². The van der Waals surface area contributed by atoms with E-state index in [1.165, 1.54) is 16.7 Å². The highest BCUT2D eigenvalue weighted by Crippen LogP contribution is 2.40. The normalized spacial score (nSPS) is 11.3. The Hall–Kier alpha value is -5.73. The summed E-state index contributed by atoms with van der Waals surface area (Å²) in [7, 11) is 0. The number of fused-ring (bicyclic) bond motifs is 3. The van der Waals surface area contributed by atoms with Crippen molar-refractivity contribution in [2.75, 3.05) is 0 Å². The van der Waals surface area contributed by atoms with Crippen LogP contribution in [0.25, 0.3) is 77.8 Å². The Morgan fingerprint density at radius 2 is 0.884 bits per heavy atom. The van der Waals surface area contributed by atoms with Crippen LogP contribution >= 0.6 is 0 Å². The molecule has 6 aromatic carbocycles. The largest absolute Gasteiger partial charge is 0.456 e. The van der Waals surface area contributed by atoms with Gasteiger partial charge in [-0.15, -0.1) is 0 Å². The van der Waals surface area contributed by atoms with Gasteiger partial charge in [-0.2, -0.15) is 0 Å². The Morgan fingerprint density at radius 3 is 1.56 bits per heavy atom. The summed E-state index contributed by atoms with van der Waals surface area (Å²) in [4.78, 5) is 5.21. The number of hydrogen-bond acceptors (Lipinski definition) is 2. The SMILES string of the molecule is c1ccc(-c2ccc(-c3ccc4oc5cccc(-c6cc(-c7ccccc7)cc(-c7ccccc7)n6)c5c4c3)cc2)cc1. The third kappa shape index (κ3) is 4.69. The Labute approximate surface area is 250 Å². The lowest BCUT2D eigenvalue weighted by Gasteiger charge is -2.11. The van der Waals surface area contributed by atoms with Gasteiger partial charge in [-0.3, -0.25) is 0 Å². The van der Waals surface area contributed by atoms with Gasteiger partial charge < -0.3 is 4.42 Å². The lowest BCUT2D eigenvalue weighted by atomic mass is 9.96. The molecule has 8 aromatic rings. The minimum Gasteiger partial charge on any atom is -0.456 e. The Morgan fingerprint density at radius 1 is 0.349 bits per heavy atom. The van der Waals surface area contributed by atoms with Crippen molar-refractivity contribution in [3.8, 4) is 55.9 Å². The fraction of sp³-hybridized carbons (Fsp3) is 0. The van der Waals surface area contributed by atoms with E-state index < -0.39 is 0 Å². The number of hydrogen-bond donors (Lipinski definition) is 0. The number of furan rings is 1. The first-order valence-corrected chi connectivity index (χ1v) is 14.5. The Balaban J connectivity index is 1.29. The molecule has 0 fully saturated rings. The molecule has 0 aliphatic rings. The third-order valence-corrected chi connectivity index (χ3v) is 8.10. The van der Waals surface area contributed by atoms with Crippen molar-refractivity contribution in [1.29, 1.82) is 0 Å². The van der Waals surface area contributed by atoms with Gasteiger partial charge in [0, 0.05) is 21.9 Å². The van der Waals surface area contributed by atoms with Crippen LogP contribution in [0, 0.1) is 0 Å². The summed E-state index contributed by atoms with van der Waals surface area (Å²) in [6.45, 7) is 0. The third-order valence-electron chi connectivity index (χ3n) is 8.10. The van der Waals surface area contributed by atoms with Gasteiger partial charge in [-0.25, -0.2) is 4.98 Å². The van der Waals surface area contributed by atoms with E-state index in [0.717, 1.165) is 61.1 Å². The quantitative estimate of drug-likeness (QED) is 0.213. The van der Waals surface area contributed by atoms with Crippen LogP contribution in [0.5, 0.6) is 0 Å². The van der Waals surface area contributed by atoms with Crippen LogP contribution in [0.1, 0.15) is 0 Å². The number of benzene rings is 6. The topological polar surface area (TPSA) is 26.0 Å². The molecule has 0 bridgehead atoms. The van der Waals surface area contributed by atoms with Crippen molar-refractivity contribution in [3.05, 3.63) is 164 Å². The van der Waals surface area contributed by atoms with E-state index in [4.69, 9.17) is 9.40 Å². The molecule has 8 rings (SSSR count). The highest BCUT2D eigenvalue weighted by atomic mass is 16.3. The molecule has 0 aliphatic heterocycles. The monoisotopic (exact) mass is 549 g/mol. The lowest BCUT2D eigenvalue weighted by Crippen LogP contribution is -1.91. The summed E-state index contributed by atoms with van der Waals surface area (Å²) in [5.74, 6) is 0. The van der Waals surface area contributed by atoms with Crippen molar-refractivity contribution in [2.24, 2.45) is 0 Å². The van der Waals surface area contributed by atoms with Crippen LogP contribution in [0.15, 0.2) is 168 Å². The summed E-state index contributed by atoms with van der Waals surface area (Å²) < 4.78 is 6.38. The van der Waals surface area contributed by atoms with Crippen LogP contribution < -0.4 is 0 Å². The van der Waals surface area contributed by atoms with Crippen LogP contribution in [-0.2, 0) is 0 Å². The molecule has 0 unspecified atom stereocenters. The second-order valence-corrected chi connectivity index (χ2v) is 10.8. The Bertz CT molecular complexity index is 2140.